The van der Waals surface area contributed by atoms with Crippen molar-refractivity contribution < 1.29 is 9.90 Å². The van der Waals surface area contributed by atoms with Gasteiger partial charge in [-0.3, -0.25) is 4.79 Å². The summed E-state index contributed by atoms with van der Waals surface area (Å²) in [5.41, 5.74) is 0.753. The van der Waals surface area contributed by atoms with Gasteiger partial charge in [-0.25, -0.2) is 0 Å². The second kappa shape index (κ2) is 5.72. The maximum atomic E-state index is 12.3. The van der Waals surface area contributed by atoms with Crippen molar-refractivity contribution in [1.29, 1.82) is 0 Å². The third-order valence-corrected chi connectivity index (χ3v) is 5.88. The predicted molar refractivity (Wildman–Crippen MR) is 95.0 cm³/mol. The van der Waals surface area contributed by atoms with Crippen molar-refractivity contribution in [2.45, 2.75) is 4.90 Å². The van der Waals surface area contributed by atoms with Crippen molar-refractivity contribution in [1.82, 2.24) is 0 Å². The van der Waals surface area contributed by atoms with Crippen LogP contribution in [0.3, 0.4) is 0 Å². The maximum Gasteiger partial charge on any atom is 0.200 e. The Labute approximate surface area is 141 Å². The summed E-state index contributed by atoms with van der Waals surface area (Å²) in [4.78, 5) is 14.6. The minimum absolute atomic E-state index is 0.0499. The molecule has 0 saturated heterocycles. The van der Waals surface area contributed by atoms with E-state index in [1.807, 2.05) is 48.5 Å². The number of carbonyl (C=O) groups is 1. The molecule has 2 heterocycles. The third kappa shape index (κ3) is 2.50. The summed E-state index contributed by atoms with van der Waals surface area (Å²) in [5.74, 6) is 0.0999. The quantitative estimate of drug-likeness (QED) is 0.628. The number of fused-ring (bicyclic) bond motifs is 2. The zero-order chi connectivity index (χ0) is 15.8. The van der Waals surface area contributed by atoms with Crippen LogP contribution in [0, 0.1) is 0 Å². The van der Waals surface area contributed by atoms with E-state index in [1.54, 1.807) is 18.2 Å². The summed E-state index contributed by atoms with van der Waals surface area (Å²) in [6, 6.07) is 15.2. The first kappa shape index (κ1) is 14.3. The van der Waals surface area contributed by atoms with E-state index in [0.717, 1.165) is 20.5 Å². The molecule has 2 aromatic carbocycles. The summed E-state index contributed by atoms with van der Waals surface area (Å²) >= 11 is 2.95. The summed E-state index contributed by atoms with van der Waals surface area (Å²) in [6.07, 6.45) is 5.37. The Hall–Kier alpha value is -2.30. The standard InChI is InChI=1S/C19H12O2S2/c20-18-12-6-1-3-8-14(12)22-16(18)10-5-11-17-19(21)13-7-2-4-9-15(13)23-17/h1-11,20H/p-1/b10-5+,17-11+. The molecule has 0 spiro atoms. The van der Waals surface area contributed by atoms with Gasteiger partial charge in [0.2, 0.25) is 5.78 Å². The van der Waals surface area contributed by atoms with Gasteiger partial charge in [-0.05, 0) is 35.7 Å². The average Bonchev–Trinajstić information content (AvgIpc) is 3.07. The van der Waals surface area contributed by atoms with Gasteiger partial charge in [-0.2, -0.15) is 0 Å². The zero-order valence-electron chi connectivity index (χ0n) is 12.0. The molecule has 0 fully saturated rings. The van der Waals surface area contributed by atoms with Gasteiger partial charge in [0, 0.05) is 20.0 Å². The Balaban J connectivity index is 1.62. The molecule has 4 rings (SSSR count). The first-order valence-electron chi connectivity index (χ1n) is 7.12. The molecular weight excluding hydrogens is 324 g/mol. The van der Waals surface area contributed by atoms with Crippen LogP contribution in [-0.2, 0) is 0 Å². The fraction of sp³-hybridized carbons (Fsp3) is 0. The molecule has 0 amide bonds. The first-order chi connectivity index (χ1) is 11.2. The van der Waals surface area contributed by atoms with E-state index in [9.17, 15) is 9.90 Å². The van der Waals surface area contributed by atoms with E-state index < -0.39 is 0 Å². The van der Waals surface area contributed by atoms with Gasteiger partial charge in [0.05, 0.1) is 4.91 Å². The topological polar surface area (TPSA) is 40.1 Å². The van der Waals surface area contributed by atoms with Gasteiger partial charge in [0.15, 0.2) is 0 Å². The van der Waals surface area contributed by atoms with Crippen LogP contribution in [0.5, 0.6) is 5.75 Å². The number of ketones is 1. The highest BCUT2D eigenvalue weighted by molar-refractivity contribution is 8.04. The second-order valence-corrected chi connectivity index (χ2v) is 7.28. The third-order valence-electron chi connectivity index (χ3n) is 3.65. The van der Waals surface area contributed by atoms with Gasteiger partial charge in [0.25, 0.3) is 0 Å². The SMILES string of the molecule is O=C1/C(=C\C=C\c2sc3ccccc3c2[O-])Sc2ccccc21. The number of thiophene rings is 1. The van der Waals surface area contributed by atoms with Gasteiger partial charge >= 0.3 is 0 Å². The summed E-state index contributed by atoms with van der Waals surface area (Å²) in [7, 11) is 0. The second-order valence-electron chi connectivity index (χ2n) is 5.11. The summed E-state index contributed by atoms with van der Waals surface area (Å²) < 4.78 is 0.989. The molecule has 0 radical (unpaired) electrons. The molecule has 0 N–H and O–H groups in total. The van der Waals surface area contributed by atoms with Crippen LogP contribution in [0.2, 0.25) is 0 Å². The number of Topliss-reactive ketones (excluding diaryl/α,β-unsaturated/α-hetero) is 1. The Kier molecular flexibility index (Phi) is 3.56. The molecule has 23 heavy (non-hydrogen) atoms. The van der Waals surface area contributed by atoms with Gasteiger partial charge < -0.3 is 5.11 Å². The minimum Gasteiger partial charge on any atom is -0.871 e. The lowest BCUT2D eigenvalue weighted by Crippen LogP contribution is -1.92. The normalized spacial score (nSPS) is 15.8. The van der Waals surface area contributed by atoms with Crippen LogP contribution in [0.4, 0.5) is 0 Å². The van der Waals surface area contributed by atoms with Crippen molar-refractivity contribution >= 4 is 45.0 Å². The van der Waals surface area contributed by atoms with Crippen molar-refractivity contribution in [3.8, 4) is 5.75 Å². The van der Waals surface area contributed by atoms with Crippen LogP contribution in [-0.4, -0.2) is 5.78 Å². The Morgan fingerprint density at radius 1 is 1.00 bits per heavy atom. The lowest BCUT2D eigenvalue weighted by atomic mass is 10.1. The molecular formula is C19H11O2S2-. The zero-order valence-corrected chi connectivity index (χ0v) is 13.6. The van der Waals surface area contributed by atoms with E-state index in [4.69, 9.17) is 0 Å². The van der Waals surface area contributed by atoms with E-state index in [-0.39, 0.29) is 11.5 Å². The first-order valence-corrected chi connectivity index (χ1v) is 8.76. The molecule has 1 aromatic heterocycles. The van der Waals surface area contributed by atoms with Gasteiger partial charge in [-0.15, -0.1) is 11.3 Å². The van der Waals surface area contributed by atoms with Crippen LogP contribution >= 0.6 is 23.1 Å². The molecule has 112 valence electrons. The lowest BCUT2D eigenvalue weighted by Gasteiger charge is -2.03. The van der Waals surface area contributed by atoms with Crippen molar-refractivity contribution in [3.63, 3.8) is 0 Å². The van der Waals surface area contributed by atoms with Crippen molar-refractivity contribution in [2.75, 3.05) is 0 Å². The Morgan fingerprint density at radius 3 is 2.61 bits per heavy atom. The molecule has 1 aliphatic rings. The molecule has 0 bridgehead atoms. The molecule has 4 heteroatoms. The monoisotopic (exact) mass is 335 g/mol. The van der Waals surface area contributed by atoms with Gasteiger partial charge in [0.1, 0.15) is 0 Å². The fourth-order valence-corrected chi connectivity index (χ4v) is 4.53. The molecule has 0 atom stereocenters. The molecule has 2 nitrogen and oxygen atoms in total. The van der Waals surface area contributed by atoms with E-state index >= 15 is 0 Å². The van der Waals surface area contributed by atoms with Crippen LogP contribution in [0.1, 0.15) is 15.2 Å². The highest BCUT2D eigenvalue weighted by Gasteiger charge is 2.24. The lowest BCUT2D eigenvalue weighted by molar-refractivity contribution is -0.265. The smallest absolute Gasteiger partial charge is 0.200 e. The summed E-state index contributed by atoms with van der Waals surface area (Å²) in [6.45, 7) is 0. The molecule has 1 aliphatic heterocycles. The van der Waals surface area contributed by atoms with Crippen molar-refractivity contribution in [3.05, 3.63) is 76.0 Å². The molecule has 0 unspecified atom stereocenters. The number of allylic oxidation sites excluding steroid dienone is 3. The predicted octanol–water partition coefficient (Wildman–Crippen LogP) is 4.86. The number of benzene rings is 2. The maximum absolute atomic E-state index is 12.3. The van der Waals surface area contributed by atoms with E-state index in [2.05, 4.69) is 0 Å². The number of thioether (sulfide) groups is 1. The van der Waals surface area contributed by atoms with Crippen molar-refractivity contribution in [2.24, 2.45) is 0 Å². The van der Waals surface area contributed by atoms with E-state index in [1.165, 1.54) is 23.1 Å². The summed E-state index contributed by atoms with van der Waals surface area (Å²) in [5, 5.41) is 13.0. The number of hydrogen-bond donors (Lipinski definition) is 0. The fourth-order valence-electron chi connectivity index (χ4n) is 2.52. The number of rotatable bonds is 2. The highest BCUT2D eigenvalue weighted by Crippen LogP contribution is 2.40. The number of hydrogen-bond acceptors (Lipinski definition) is 4. The highest BCUT2D eigenvalue weighted by atomic mass is 32.2. The Morgan fingerprint density at radius 2 is 1.78 bits per heavy atom. The minimum atomic E-state index is 0.0499. The van der Waals surface area contributed by atoms with Crippen LogP contribution in [0.25, 0.3) is 16.2 Å². The molecule has 0 saturated carbocycles. The Bertz CT molecular complexity index is 980. The average molecular weight is 335 g/mol. The van der Waals surface area contributed by atoms with E-state index in [0.29, 0.717) is 9.78 Å². The number of carbonyl (C=O) groups excluding carboxylic acids is 1. The van der Waals surface area contributed by atoms with Crippen LogP contribution in [0.15, 0.2) is 70.5 Å². The van der Waals surface area contributed by atoms with Crippen LogP contribution < -0.4 is 5.11 Å². The largest absolute Gasteiger partial charge is 0.871 e. The molecule has 3 aromatic rings. The van der Waals surface area contributed by atoms with Gasteiger partial charge in [-0.1, -0.05) is 53.9 Å². The molecule has 0 aliphatic carbocycles.